The Bertz CT molecular complexity index is 880. The Morgan fingerprint density at radius 1 is 1.37 bits per heavy atom. The summed E-state index contributed by atoms with van der Waals surface area (Å²) in [5.41, 5.74) is 5.59. The molecular formula is C14H22N5O7P. The lowest BCUT2D eigenvalue weighted by Gasteiger charge is -2.13. The number of nitrogens with two attached hydrogens (primary N) is 1. The molecule has 0 spiro atoms. The minimum Gasteiger partial charge on any atom is -0.481 e. The number of nitrogens with zero attached hydrogens (tertiary/aromatic N) is 3. The highest BCUT2D eigenvalue weighted by Gasteiger charge is 2.24. The van der Waals surface area contributed by atoms with Gasteiger partial charge in [0.1, 0.15) is 12.9 Å². The number of nitrogen functional groups attached to an aromatic ring is 1. The zero-order chi connectivity index (χ0) is 19.9. The third-order valence-electron chi connectivity index (χ3n) is 3.59. The van der Waals surface area contributed by atoms with Crippen LogP contribution in [0, 0.1) is 0 Å². The molecule has 2 aromatic rings. The molecule has 0 radical (unpaired) electrons. The van der Waals surface area contributed by atoms with Crippen molar-refractivity contribution >= 4 is 30.5 Å². The Morgan fingerprint density at radius 3 is 2.81 bits per heavy atom. The highest BCUT2D eigenvalue weighted by molar-refractivity contribution is 7.59. The molecule has 0 aliphatic rings. The molecule has 0 aliphatic carbocycles. The van der Waals surface area contributed by atoms with Gasteiger partial charge >= 0.3 is 5.97 Å². The quantitative estimate of drug-likeness (QED) is 0.326. The average molecular weight is 403 g/mol. The Labute approximate surface area is 154 Å². The molecule has 4 N–H and O–H groups in total. The third-order valence-corrected chi connectivity index (χ3v) is 6.01. The fourth-order valence-electron chi connectivity index (χ4n) is 2.30. The molecule has 0 amide bonds. The minimum atomic E-state index is -3.15. The topological polar surface area (TPSA) is 172 Å². The van der Waals surface area contributed by atoms with Gasteiger partial charge in [-0.2, -0.15) is 4.98 Å². The first-order chi connectivity index (χ1) is 12.8. The molecule has 2 heterocycles. The number of carboxylic acid groups (broad SMARTS) is 1. The predicted molar refractivity (Wildman–Crippen MR) is 95.9 cm³/mol. The first kappa shape index (κ1) is 21.0. The molecule has 2 aromatic heterocycles. The van der Waals surface area contributed by atoms with Gasteiger partial charge in [-0.3, -0.25) is 23.7 Å². The van der Waals surface area contributed by atoms with E-state index >= 15 is 0 Å². The van der Waals surface area contributed by atoms with E-state index < -0.39 is 25.1 Å². The molecule has 0 bridgehead atoms. The number of fused-ring (bicyclic) bond motifs is 1. The van der Waals surface area contributed by atoms with Gasteiger partial charge in [0.25, 0.3) is 5.56 Å². The number of ether oxygens (including phenoxy) is 2. The van der Waals surface area contributed by atoms with Crippen LogP contribution >= 0.6 is 7.37 Å². The van der Waals surface area contributed by atoms with E-state index in [0.717, 1.165) is 0 Å². The number of H-pyrrole nitrogens is 1. The van der Waals surface area contributed by atoms with Gasteiger partial charge in [-0.25, -0.2) is 4.98 Å². The molecule has 0 saturated heterocycles. The number of carbonyl (C=O) groups is 1. The van der Waals surface area contributed by atoms with Crippen molar-refractivity contribution in [2.75, 3.05) is 45.0 Å². The predicted octanol–water partition coefficient (Wildman–Crippen LogP) is 0.0917. The first-order valence-electron chi connectivity index (χ1n) is 8.06. The number of rotatable bonds is 12. The summed E-state index contributed by atoms with van der Waals surface area (Å²) >= 11 is 0. The summed E-state index contributed by atoms with van der Waals surface area (Å²) in [7, 11) is -1.90. The molecule has 27 heavy (non-hydrogen) atoms. The molecule has 0 aliphatic heterocycles. The van der Waals surface area contributed by atoms with Crippen LogP contribution < -0.4 is 11.3 Å². The van der Waals surface area contributed by atoms with Crippen LogP contribution in [0.25, 0.3) is 11.2 Å². The van der Waals surface area contributed by atoms with Crippen molar-refractivity contribution in [3.05, 3.63) is 16.7 Å². The number of hydrogen-bond donors (Lipinski definition) is 3. The van der Waals surface area contributed by atoms with Gasteiger partial charge in [-0.1, -0.05) is 0 Å². The maximum atomic E-state index is 12.1. The second-order valence-electron chi connectivity index (χ2n) is 5.61. The fourth-order valence-corrected chi connectivity index (χ4v) is 3.79. The van der Waals surface area contributed by atoms with Crippen LogP contribution in [0.2, 0.25) is 0 Å². The Balaban J connectivity index is 1.66. The van der Waals surface area contributed by atoms with Crippen molar-refractivity contribution < 1.29 is 28.5 Å². The molecule has 0 aromatic carbocycles. The number of carboxylic acids is 1. The van der Waals surface area contributed by atoms with Crippen LogP contribution in [-0.4, -0.2) is 69.8 Å². The van der Waals surface area contributed by atoms with Gasteiger partial charge in [0, 0.05) is 19.9 Å². The fraction of sp³-hybridized carbons (Fsp3) is 0.571. The van der Waals surface area contributed by atoms with E-state index in [2.05, 4.69) is 15.0 Å². The van der Waals surface area contributed by atoms with E-state index in [1.165, 1.54) is 13.4 Å². The van der Waals surface area contributed by atoms with Crippen molar-refractivity contribution in [3.8, 4) is 0 Å². The highest BCUT2D eigenvalue weighted by Crippen LogP contribution is 2.46. The van der Waals surface area contributed by atoms with Crippen LogP contribution in [-0.2, 0) is 30.1 Å². The molecule has 0 saturated carbocycles. The second kappa shape index (κ2) is 9.60. The summed E-state index contributed by atoms with van der Waals surface area (Å²) in [5.74, 6) is -1.16. The maximum absolute atomic E-state index is 12.1. The SMILES string of the molecule is COP(=O)(CCCOCCOCn1cnc2c(=O)[nH]c(N)nc21)CC(=O)O. The van der Waals surface area contributed by atoms with Crippen LogP contribution in [0.5, 0.6) is 0 Å². The summed E-state index contributed by atoms with van der Waals surface area (Å²) in [6.45, 7) is 0.986. The van der Waals surface area contributed by atoms with Gasteiger partial charge < -0.3 is 24.8 Å². The molecule has 13 heteroatoms. The van der Waals surface area contributed by atoms with E-state index in [4.69, 9.17) is 24.8 Å². The van der Waals surface area contributed by atoms with Crippen molar-refractivity contribution in [3.63, 3.8) is 0 Å². The van der Waals surface area contributed by atoms with Crippen LogP contribution in [0.4, 0.5) is 5.95 Å². The van der Waals surface area contributed by atoms with Crippen molar-refractivity contribution in [1.82, 2.24) is 19.5 Å². The van der Waals surface area contributed by atoms with Crippen molar-refractivity contribution in [2.24, 2.45) is 0 Å². The number of aromatic amines is 1. The number of nitrogens with one attached hydrogen (secondary N) is 1. The Hall–Kier alpha value is -2.27. The normalized spacial score (nSPS) is 13.7. The minimum absolute atomic E-state index is 0.00571. The summed E-state index contributed by atoms with van der Waals surface area (Å²) in [6, 6.07) is 0. The average Bonchev–Trinajstić information content (AvgIpc) is 3.00. The van der Waals surface area contributed by atoms with E-state index in [1.54, 1.807) is 4.57 Å². The summed E-state index contributed by atoms with van der Waals surface area (Å²) in [4.78, 5) is 32.7. The zero-order valence-electron chi connectivity index (χ0n) is 14.8. The van der Waals surface area contributed by atoms with Gasteiger partial charge in [0.05, 0.1) is 19.5 Å². The molecule has 0 fully saturated rings. The molecule has 150 valence electrons. The molecule has 12 nitrogen and oxygen atoms in total. The smallest absolute Gasteiger partial charge is 0.313 e. The van der Waals surface area contributed by atoms with Gasteiger partial charge in [-0.05, 0) is 6.42 Å². The Kier molecular flexibility index (Phi) is 7.48. The lowest BCUT2D eigenvalue weighted by molar-refractivity contribution is -0.134. The highest BCUT2D eigenvalue weighted by atomic mass is 31.2. The molecule has 1 atom stereocenters. The number of aliphatic carboxylic acids is 1. The number of hydrogen-bond acceptors (Lipinski definition) is 9. The van der Waals surface area contributed by atoms with Crippen molar-refractivity contribution in [2.45, 2.75) is 13.2 Å². The third kappa shape index (κ3) is 6.14. The lowest BCUT2D eigenvalue weighted by atomic mass is 10.5. The number of anilines is 1. The first-order valence-corrected chi connectivity index (χ1v) is 10.1. The Morgan fingerprint density at radius 2 is 2.11 bits per heavy atom. The van der Waals surface area contributed by atoms with E-state index in [1.807, 2.05) is 0 Å². The van der Waals surface area contributed by atoms with E-state index in [0.29, 0.717) is 25.3 Å². The van der Waals surface area contributed by atoms with Crippen LogP contribution in [0.1, 0.15) is 6.42 Å². The summed E-state index contributed by atoms with van der Waals surface area (Å²) < 4.78 is 29.3. The molecule has 2 rings (SSSR count). The lowest BCUT2D eigenvalue weighted by Crippen LogP contribution is -2.13. The summed E-state index contributed by atoms with van der Waals surface area (Å²) in [6.07, 6.45) is 1.49. The summed E-state index contributed by atoms with van der Waals surface area (Å²) in [5, 5.41) is 8.72. The van der Waals surface area contributed by atoms with Crippen LogP contribution in [0.15, 0.2) is 11.1 Å². The van der Waals surface area contributed by atoms with Gasteiger partial charge in [-0.15, -0.1) is 0 Å². The van der Waals surface area contributed by atoms with Gasteiger partial charge in [0.2, 0.25) is 13.3 Å². The van der Waals surface area contributed by atoms with E-state index in [9.17, 15) is 14.2 Å². The molecule has 1 unspecified atom stereocenters. The van der Waals surface area contributed by atoms with E-state index in [-0.39, 0.29) is 31.0 Å². The monoisotopic (exact) mass is 403 g/mol. The van der Waals surface area contributed by atoms with Crippen LogP contribution in [0.3, 0.4) is 0 Å². The molecular weight excluding hydrogens is 381 g/mol. The zero-order valence-corrected chi connectivity index (χ0v) is 15.7. The van der Waals surface area contributed by atoms with Gasteiger partial charge in [0.15, 0.2) is 11.2 Å². The largest absolute Gasteiger partial charge is 0.481 e. The second-order valence-corrected chi connectivity index (χ2v) is 8.37. The maximum Gasteiger partial charge on any atom is 0.313 e. The number of aromatic nitrogens is 4. The van der Waals surface area contributed by atoms with Crippen molar-refractivity contribution in [1.29, 1.82) is 0 Å². The number of imidazole rings is 1. The standard InChI is InChI=1S/C14H22N5O7P/c1-24-27(23,7-10(20)21)6-2-3-25-4-5-26-9-19-8-16-11-12(19)17-14(15)18-13(11)22/h8H,2-7,9H2,1H3,(H,20,21)(H3,15,17,18,22).